The van der Waals surface area contributed by atoms with E-state index in [0.717, 1.165) is 10.4 Å². The van der Waals surface area contributed by atoms with Gasteiger partial charge < -0.3 is 8.85 Å². The molecule has 0 heterocycles. The van der Waals surface area contributed by atoms with E-state index in [1.54, 1.807) is 13.8 Å². The van der Waals surface area contributed by atoms with Gasteiger partial charge >= 0.3 is 8.56 Å². The summed E-state index contributed by atoms with van der Waals surface area (Å²) < 4.78 is 12.5. The van der Waals surface area contributed by atoms with Crippen LogP contribution in [0.1, 0.15) is 20.8 Å². The quantitative estimate of drug-likeness (QED) is 0.736. The molecule has 0 aromatic heterocycles. The highest BCUT2D eigenvalue weighted by molar-refractivity contribution is 6.92. The first kappa shape index (κ1) is 16.6. The van der Waals surface area contributed by atoms with E-state index in [1.165, 1.54) is 0 Å². The highest BCUT2D eigenvalue weighted by Gasteiger charge is 2.44. The largest absolute Gasteiger partial charge is 0.407 e. The van der Waals surface area contributed by atoms with Gasteiger partial charge in [0.25, 0.3) is 0 Å². The predicted molar refractivity (Wildman–Crippen MR) is 90.8 cm³/mol. The molecule has 0 amide bonds. The van der Waals surface area contributed by atoms with Crippen LogP contribution in [-0.4, -0.2) is 27.1 Å². The number of carbonyl (C=O) groups is 1. The lowest BCUT2D eigenvalue weighted by Gasteiger charge is -2.33. The molecule has 1 atom stereocenters. The Morgan fingerprint density at radius 1 is 1.00 bits per heavy atom. The van der Waals surface area contributed by atoms with Crippen LogP contribution >= 0.6 is 0 Å². The third-order valence-corrected chi connectivity index (χ3v) is 7.14. The van der Waals surface area contributed by atoms with Crippen molar-refractivity contribution in [2.45, 2.75) is 26.9 Å². The van der Waals surface area contributed by atoms with E-state index < -0.39 is 14.7 Å². The molecule has 2 rings (SSSR count). The zero-order valence-corrected chi connectivity index (χ0v) is 14.3. The van der Waals surface area contributed by atoms with E-state index in [1.807, 2.05) is 67.6 Å². The summed E-state index contributed by atoms with van der Waals surface area (Å²) in [6.07, 6.45) is -0.501. The third-order valence-electron chi connectivity index (χ3n) is 3.57. The second kappa shape index (κ2) is 7.49. The molecule has 0 saturated heterocycles. The van der Waals surface area contributed by atoms with E-state index in [-0.39, 0.29) is 5.78 Å². The van der Waals surface area contributed by atoms with Gasteiger partial charge in [0.2, 0.25) is 0 Å². The standard InChI is InChI=1S/C18H22O3Si/c1-4-20-22(21-16(3)15(2)19,17-11-7-5-8-12-17)18-13-9-6-10-14-18/h5-14,16H,4H2,1-3H3. The second-order valence-corrected chi connectivity index (χ2v) is 8.06. The monoisotopic (exact) mass is 314 g/mol. The third kappa shape index (κ3) is 3.52. The van der Waals surface area contributed by atoms with Crippen molar-refractivity contribution in [2.75, 3.05) is 6.61 Å². The topological polar surface area (TPSA) is 35.5 Å². The first-order valence-corrected chi connectivity index (χ1v) is 9.35. The van der Waals surface area contributed by atoms with Crippen LogP contribution < -0.4 is 10.4 Å². The number of ketones is 1. The molecule has 1 unspecified atom stereocenters. The highest BCUT2D eigenvalue weighted by Crippen LogP contribution is 2.13. The number of Topliss-reactive ketones (excluding diaryl/α,β-unsaturated/α-hetero) is 1. The molecule has 3 nitrogen and oxygen atoms in total. The fourth-order valence-corrected chi connectivity index (χ4v) is 5.69. The van der Waals surface area contributed by atoms with Crippen LogP contribution in [0.5, 0.6) is 0 Å². The molecule has 0 radical (unpaired) electrons. The SMILES string of the molecule is CCO[Si](OC(C)C(C)=O)(c1ccccc1)c1ccccc1. The van der Waals surface area contributed by atoms with Gasteiger partial charge in [-0.05, 0) is 31.1 Å². The maximum absolute atomic E-state index is 11.7. The van der Waals surface area contributed by atoms with Crippen molar-refractivity contribution in [2.24, 2.45) is 0 Å². The summed E-state index contributed by atoms with van der Waals surface area (Å²) in [4.78, 5) is 11.7. The predicted octanol–water partition coefficient (Wildman–Crippen LogP) is 2.27. The Kier molecular flexibility index (Phi) is 5.66. The number of hydrogen-bond acceptors (Lipinski definition) is 3. The maximum atomic E-state index is 11.7. The molecule has 0 bridgehead atoms. The van der Waals surface area contributed by atoms with Crippen molar-refractivity contribution < 1.29 is 13.6 Å². The summed E-state index contributed by atoms with van der Waals surface area (Å²) in [6.45, 7) is 5.82. The molecule has 0 aliphatic rings. The lowest BCUT2D eigenvalue weighted by molar-refractivity contribution is -0.123. The molecule has 0 fully saturated rings. The van der Waals surface area contributed by atoms with E-state index >= 15 is 0 Å². The molecule has 0 spiro atoms. The number of rotatable bonds is 7. The summed E-state index contributed by atoms with van der Waals surface area (Å²) in [5.74, 6) is 0.00319. The zero-order chi connectivity index (χ0) is 16.0. The lowest BCUT2D eigenvalue weighted by atomic mass is 10.3. The van der Waals surface area contributed by atoms with E-state index in [4.69, 9.17) is 8.85 Å². The van der Waals surface area contributed by atoms with E-state index in [2.05, 4.69) is 0 Å². The summed E-state index contributed by atoms with van der Waals surface area (Å²) in [7, 11) is -2.89. The van der Waals surface area contributed by atoms with Crippen molar-refractivity contribution in [3.8, 4) is 0 Å². The van der Waals surface area contributed by atoms with Crippen LogP contribution in [0.4, 0.5) is 0 Å². The summed E-state index contributed by atoms with van der Waals surface area (Å²) >= 11 is 0. The van der Waals surface area contributed by atoms with Crippen molar-refractivity contribution in [1.82, 2.24) is 0 Å². The van der Waals surface area contributed by atoms with Gasteiger partial charge in [0.1, 0.15) is 6.10 Å². The Bertz CT molecular complexity index is 559. The number of hydrogen-bond donors (Lipinski definition) is 0. The Morgan fingerprint density at radius 2 is 1.45 bits per heavy atom. The van der Waals surface area contributed by atoms with Crippen LogP contribution in [0, 0.1) is 0 Å². The van der Waals surface area contributed by atoms with Gasteiger partial charge in [-0.1, -0.05) is 60.7 Å². The van der Waals surface area contributed by atoms with Crippen LogP contribution in [0.2, 0.25) is 0 Å². The molecule has 0 aliphatic carbocycles. The van der Waals surface area contributed by atoms with Gasteiger partial charge in [-0.2, -0.15) is 0 Å². The van der Waals surface area contributed by atoms with Gasteiger partial charge in [0.15, 0.2) is 5.78 Å². The van der Waals surface area contributed by atoms with E-state index in [0.29, 0.717) is 6.61 Å². The Balaban J connectivity index is 2.57. The molecule has 4 heteroatoms. The van der Waals surface area contributed by atoms with Gasteiger partial charge in [-0.25, -0.2) is 0 Å². The summed E-state index contributed by atoms with van der Waals surface area (Å²) in [5.41, 5.74) is 0. The smallest absolute Gasteiger partial charge is 0.388 e. The van der Waals surface area contributed by atoms with Crippen molar-refractivity contribution in [3.63, 3.8) is 0 Å². The normalized spacial score (nSPS) is 12.9. The van der Waals surface area contributed by atoms with E-state index in [9.17, 15) is 4.79 Å². The second-order valence-electron chi connectivity index (χ2n) is 5.15. The maximum Gasteiger partial charge on any atom is 0.407 e. The Morgan fingerprint density at radius 3 is 1.82 bits per heavy atom. The fraction of sp³-hybridized carbons (Fsp3) is 0.278. The van der Waals surface area contributed by atoms with Crippen LogP contribution in [0.25, 0.3) is 0 Å². The molecule has 2 aromatic rings. The molecular formula is C18H22O3Si. The lowest BCUT2D eigenvalue weighted by Crippen LogP contribution is -2.65. The molecule has 0 saturated carbocycles. The fourth-order valence-electron chi connectivity index (χ4n) is 2.35. The average molecular weight is 314 g/mol. The molecule has 116 valence electrons. The number of carbonyl (C=O) groups excluding carboxylic acids is 1. The Labute approximate surface area is 133 Å². The molecular weight excluding hydrogens is 292 g/mol. The molecule has 22 heavy (non-hydrogen) atoms. The Hall–Kier alpha value is -1.75. The van der Waals surface area contributed by atoms with Crippen LogP contribution in [-0.2, 0) is 13.6 Å². The first-order valence-electron chi connectivity index (χ1n) is 7.53. The zero-order valence-electron chi connectivity index (χ0n) is 13.3. The minimum absolute atomic E-state index is 0.00319. The van der Waals surface area contributed by atoms with Crippen LogP contribution in [0.3, 0.4) is 0 Å². The first-order chi connectivity index (χ1) is 10.6. The minimum Gasteiger partial charge on any atom is -0.388 e. The van der Waals surface area contributed by atoms with Gasteiger partial charge in [-0.3, -0.25) is 4.79 Å². The van der Waals surface area contributed by atoms with Gasteiger partial charge in [0, 0.05) is 6.61 Å². The van der Waals surface area contributed by atoms with Crippen molar-refractivity contribution in [3.05, 3.63) is 60.7 Å². The van der Waals surface area contributed by atoms with Gasteiger partial charge in [0.05, 0.1) is 0 Å². The summed E-state index contributed by atoms with van der Waals surface area (Å²) in [5, 5.41) is 2.02. The molecule has 0 aliphatic heterocycles. The minimum atomic E-state index is -2.89. The number of benzene rings is 2. The highest BCUT2D eigenvalue weighted by atomic mass is 28.4. The van der Waals surface area contributed by atoms with Crippen molar-refractivity contribution in [1.29, 1.82) is 0 Å². The molecule has 0 N–H and O–H groups in total. The molecule has 2 aromatic carbocycles. The van der Waals surface area contributed by atoms with Crippen LogP contribution in [0.15, 0.2) is 60.7 Å². The van der Waals surface area contributed by atoms with Crippen molar-refractivity contribution >= 4 is 24.7 Å². The average Bonchev–Trinajstić information content (AvgIpc) is 2.55. The van der Waals surface area contributed by atoms with Gasteiger partial charge in [-0.15, -0.1) is 0 Å². The summed E-state index contributed by atoms with van der Waals surface area (Å²) in [6, 6.07) is 19.9.